The molecule has 0 spiro atoms. The summed E-state index contributed by atoms with van der Waals surface area (Å²) in [5.74, 6) is -0.409. The largest absolute Gasteiger partial charge is 0.286 e. The summed E-state index contributed by atoms with van der Waals surface area (Å²) < 4.78 is 15.2. The highest BCUT2D eigenvalue weighted by Gasteiger charge is 2.06. The zero-order chi connectivity index (χ0) is 11.1. The second-order valence-electron chi connectivity index (χ2n) is 3.52. The van der Waals surface area contributed by atoms with Crippen LogP contribution in [0.3, 0.4) is 0 Å². The lowest BCUT2D eigenvalue weighted by Gasteiger charge is -2.04. The molecule has 78 valence electrons. The lowest BCUT2D eigenvalue weighted by molar-refractivity contribution is 0.637. The zero-order valence-electron chi connectivity index (χ0n) is 8.31. The molecule has 0 radical (unpaired) electrons. The minimum absolute atomic E-state index is 0.124. The van der Waals surface area contributed by atoms with E-state index in [0.29, 0.717) is 11.2 Å². The molecule has 4 heteroatoms. The molecule has 1 aromatic carbocycles. The summed E-state index contributed by atoms with van der Waals surface area (Å²) in [5.41, 5.74) is 1.28. The Hall–Kier alpha value is -2.23. The number of nitrogens with zero attached hydrogens (tertiary/aromatic N) is 2. The third-order valence-corrected chi connectivity index (χ3v) is 2.54. The fourth-order valence-corrected chi connectivity index (χ4v) is 1.80. The van der Waals surface area contributed by atoms with E-state index in [4.69, 9.17) is 5.41 Å². The Morgan fingerprint density at radius 3 is 2.88 bits per heavy atom. The molecule has 0 aliphatic heterocycles. The number of hydrogen-bond acceptors (Lipinski definition) is 2. The van der Waals surface area contributed by atoms with E-state index in [9.17, 15) is 4.39 Å². The molecular formula is C12H8FN3. The number of aromatic nitrogens is 2. The molecule has 0 fully saturated rings. The fraction of sp³-hybridized carbons (Fsp3) is 0. The summed E-state index contributed by atoms with van der Waals surface area (Å²) in [4.78, 5) is 4.30. The SMILES string of the molecule is N=c1c2c(F)cccc2nc2ccccn12. The van der Waals surface area contributed by atoms with Gasteiger partial charge in [0.05, 0.1) is 10.9 Å². The van der Waals surface area contributed by atoms with E-state index < -0.39 is 5.82 Å². The molecule has 0 saturated carbocycles. The third-order valence-electron chi connectivity index (χ3n) is 2.54. The highest BCUT2D eigenvalue weighted by atomic mass is 19.1. The van der Waals surface area contributed by atoms with Crippen LogP contribution in [0.15, 0.2) is 42.6 Å². The molecule has 16 heavy (non-hydrogen) atoms. The van der Waals surface area contributed by atoms with Crippen molar-refractivity contribution in [3.63, 3.8) is 0 Å². The first-order chi connectivity index (χ1) is 7.77. The maximum Gasteiger partial charge on any atom is 0.143 e. The van der Waals surface area contributed by atoms with Gasteiger partial charge >= 0.3 is 0 Å². The number of halogens is 1. The molecule has 3 nitrogen and oxygen atoms in total. The van der Waals surface area contributed by atoms with Crippen LogP contribution in [0.5, 0.6) is 0 Å². The van der Waals surface area contributed by atoms with Crippen molar-refractivity contribution in [2.45, 2.75) is 0 Å². The van der Waals surface area contributed by atoms with Gasteiger partial charge in [0.25, 0.3) is 0 Å². The highest BCUT2D eigenvalue weighted by molar-refractivity contribution is 5.79. The maximum atomic E-state index is 13.6. The molecule has 2 aromatic heterocycles. The van der Waals surface area contributed by atoms with Crippen LogP contribution < -0.4 is 5.49 Å². The first kappa shape index (κ1) is 9.03. The molecule has 3 aromatic rings. The lowest BCUT2D eigenvalue weighted by atomic mass is 10.2. The van der Waals surface area contributed by atoms with Gasteiger partial charge in [0.2, 0.25) is 0 Å². The Kier molecular flexibility index (Phi) is 1.77. The summed E-state index contributed by atoms with van der Waals surface area (Å²) in [5, 5.41) is 8.21. The Morgan fingerprint density at radius 1 is 1.12 bits per heavy atom. The smallest absolute Gasteiger partial charge is 0.143 e. The van der Waals surface area contributed by atoms with Gasteiger partial charge in [-0.05, 0) is 24.3 Å². The summed E-state index contributed by atoms with van der Waals surface area (Å²) >= 11 is 0. The summed E-state index contributed by atoms with van der Waals surface area (Å²) in [7, 11) is 0. The first-order valence-electron chi connectivity index (χ1n) is 4.87. The Bertz CT molecular complexity index is 746. The van der Waals surface area contributed by atoms with E-state index in [0.717, 1.165) is 0 Å². The van der Waals surface area contributed by atoms with Crippen molar-refractivity contribution in [1.29, 1.82) is 5.41 Å². The predicted octanol–water partition coefficient (Wildman–Crippen LogP) is 2.11. The van der Waals surface area contributed by atoms with E-state index >= 15 is 0 Å². The van der Waals surface area contributed by atoms with Gasteiger partial charge in [-0.3, -0.25) is 9.81 Å². The van der Waals surface area contributed by atoms with Crippen molar-refractivity contribution in [1.82, 2.24) is 9.38 Å². The molecule has 0 aliphatic rings. The number of fused-ring (bicyclic) bond motifs is 2. The highest BCUT2D eigenvalue weighted by Crippen LogP contribution is 2.12. The summed E-state index contributed by atoms with van der Waals surface area (Å²) in [6.07, 6.45) is 1.70. The molecule has 3 rings (SSSR count). The molecule has 0 atom stereocenters. The van der Waals surface area contributed by atoms with Gasteiger partial charge in [-0.2, -0.15) is 0 Å². The topological polar surface area (TPSA) is 41.2 Å². The van der Waals surface area contributed by atoms with Crippen LogP contribution in [0.4, 0.5) is 4.39 Å². The monoisotopic (exact) mass is 213 g/mol. The summed E-state index contributed by atoms with van der Waals surface area (Å²) in [6, 6.07) is 10.1. The van der Waals surface area contributed by atoms with Gasteiger partial charge in [0.1, 0.15) is 17.0 Å². The van der Waals surface area contributed by atoms with E-state index in [-0.39, 0.29) is 10.9 Å². The van der Waals surface area contributed by atoms with Crippen molar-refractivity contribution >= 4 is 16.6 Å². The number of rotatable bonds is 0. The lowest BCUT2D eigenvalue weighted by Crippen LogP contribution is -2.16. The molecular weight excluding hydrogens is 205 g/mol. The van der Waals surface area contributed by atoms with Crippen LogP contribution in [-0.2, 0) is 0 Å². The van der Waals surface area contributed by atoms with Gasteiger partial charge in [0, 0.05) is 6.20 Å². The van der Waals surface area contributed by atoms with E-state index in [1.54, 1.807) is 34.9 Å². The van der Waals surface area contributed by atoms with Gasteiger partial charge in [-0.15, -0.1) is 0 Å². The van der Waals surface area contributed by atoms with Gasteiger partial charge < -0.3 is 0 Å². The van der Waals surface area contributed by atoms with Crippen LogP contribution in [0.25, 0.3) is 16.6 Å². The maximum absolute atomic E-state index is 13.6. The quantitative estimate of drug-likeness (QED) is 0.571. The van der Waals surface area contributed by atoms with E-state index in [1.165, 1.54) is 6.07 Å². The Balaban J connectivity index is 2.67. The average Bonchev–Trinajstić information content (AvgIpc) is 2.29. The normalized spacial score (nSPS) is 11.1. The van der Waals surface area contributed by atoms with E-state index in [1.807, 2.05) is 6.07 Å². The molecule has 0 aliphatic carbocycles. The molecule has 0 amide bonds. The van der Waals surface area contributed by atoms with Crippen LogP contribution in [0.1, 0.15) is 0 Å². The number of pyridine rings is 1. The van der Waals surface area contributed by atoms with Crippen LogP contribution in [0, 0.1) is 11.2 Å². The first-order valence-corrected chi connectivity index (χ1v) is 4.87. The minimum atomic E-state index is -0.409. The minimum Gasteiger partial charge on any atom is -0.286 e. The van der Waals surface area contributed by atoms with Gasteiger partial charge in [-0.1, -0.05) is 12.1 Å². The molecule has 0 unspecified atom stereocenters. The second-order valence-corrected chi connectivity index (χ2v) is 3.52. The van der Waals surface area contributed by atoms with Crippen molar-refractivity contribution < 1.29 is 4.39 Å². The number of benzene rings is 1. The molecule has 0 saturated heterocycles. The van der Waals surface area contributed by atoms with Crippen LogP contribution in [0.2, 0.25) is 0 Å². The van der Waals surface area contributed by atoms with Crippen molar-refractivity contribution in [2.75, 3.05) is 0 Å². The fourth-order valence-electron chi connectivity index (χ4n) is 1.80. The van der Waals surface area contributed by atoms with Crippen molar-refractivity contribution in [3.8, 4) is 0 Å². The van der Waals surface area contributed by atoms with Crippen LogP contribution in [-0.4, -0.2) is 9.38 Å². The number of hydrogen-bond donors (Lipinski definition) is 1. The number of nitrogens with one attached hydrogen (secondary N) is 1. The van der Waals surface area contributed by atoms with Crippen LogP contribution >= 0.6 is 0 Å². The second kappa shape index (κ2) is 3.13. The third kappa shape index (κ3) is 1.13. The standard InChI is InChI=1S/C12H8FN3/c13-8-4-3-5-9-11(8)12(14)16-7-2-1-6-10(16)15-9/h1-7,14H. The van der Waals surface area contributed by atoms with Crippen molar-refractivity contribution in [2.24, 2.45) is 0 Å². The summed E-state index contributed by atoms with van der Waals surface area (Å²) in [6.45, 7) is 0. The molecule has 2 heterocycles. The predicted molar refractivity (Wildman–Crippen MR) is 58.5 cm³/mol. The van der Waals surface area contributed by atoms with Gasteiger partial charge in [-0.25, -0.2) is 9.37 Å². The Morgan fingerprint density at radius 2 is 2.00 bits per heavy atom. The molecule has 1 N–H and O–H groups in total. The zero-order valence-corrected chi connectivity index (χ0v) is 8.31. The average molecular weight is 213 g/mol. The molecule has 0 bridgehead atoms. The van der Waals surface area contributed by atoms with Gasteiger partial charge in [0.15, 0.2) is 0 Å². The Labute approximate surface area is 90.3 Å². The van der Waals surface area contributed by atoms with E-state index in [2.05, 4.69) is 4.98 Å². The van der Waals surface area contributed by atoms with Crippen molar-refractivity contribution in [3.05, 3.63) is 53.9 Å².